The summed E-state index contributed by atoms with van der Waals surface area (Å²) in [5.41, 5.74) is 9.57. The zero-order chi connectivity index (χ0) is 15.2. The van der Waals surface area contributed by atoms with E-state index in [0.717, 1.165) is 6.42 Å². The minimum Gasteiger partial charge on any atom is -0.397 e. The van der Waals surface area contributed by atoms with Gasteiger partial charge in [-0.2, -0.15) is 0 Å². The lowest BCUT2D eigenvalue weighted by Gasteiger charge is -2.09. The highest BCUT2D eigenvalue weighted by atomic mass is 35.5. The lowest BCUT2D eigenvalue weighted by atomic mass is 10.0. The number of halogens is 1. The Kier molecular flexibility index (Phi) is 6.93. The van der Waals surface area contributed by atoms with Crippen LogP contribution in [0.25, 0.3) is 0 Å². The van der Waals surface area contributed by atoms with Crippen molar-refractivity contribution in [3.8, 4) is 0 Å². The molecule has 0 saturated carbocycles. The van der Waals surface area contributed by atoms with Gasteiger partial charge in [-0.3, -0.25) is 4.79 Å². The van der Waals surface area contributed by atoms with E-state index in [1.807, 2.05) is 18.2 Å². The molecule has 4 heteroatoms. The van der Waals surface area contributed by atoms with Crippen LogP contribution in [0.3, 0.4) is 0 Å². The molecule has 2 aromatic rings. The number of para-hydroxylation sites is 2. The normalized spacial score (nSPS) is 10.1. The smallest absolute Gasteiger partial charge is 0.224 e. The Morgan fingerprint density at radius 2 is 1.73 bits per heavy atom. The Morgan fingerprint density at radius 1 is 1.09 bits per heavy atom. The third-order valence-corrected chi connectivity index (χ3v) is 3.52. The Bertz CT molecular complexity index is 609. The van der Waals surface area contributed by atoms with Crippen molar-refractivity contribution < 1.29 is 4.79 Å². The van der Waals surface area contributed by atoms with Crippen molar-refractivity contribution in [3.05, 3.63) is 59.7 Å². The van der Waals surface area contributed by atoms with Crippen LogP contribution in [0.4, 0.5) is 11.4 Å². The molecule has 0 aromatic heterocycles. The molecule has 2 rings (SSSR count). The van der Waals surface area contributed by atoms with E-state index in [1.165, 1.54) is 11.1 Å². The van der Waals surface area contributed by atoms with E-state index in [2.05, 4.69) is 43.4 Å². The van der Waals surface area contributed by atoms with Crippen LogP contribution in [0.15, 0.2) is 48.5 Å². The van der Waals surface area contributed by atoms with Crippen LogP contribution in [0.1, 0.15) is 37.3 Å². The summed E-state index contributed by atoms with van der Waals surface area (Å²) in [5, 5.41) is 2.85. The third kappa shape index (κ3) is 5.08. The van der Waals surface area contributed by atoms with Crippen molar-refractivity contribution in [1.82, 2.24) is 0 Å². The van der Waals surface area contributed by atoms with Crippen LogP contribution >= 0.6 is 12.4 Å². The van der Waals surface area contributed by atoms with Gasteiger partial charge in [-0.05, 0) is 35.6 Å². The highest BCUT2D eigenvalue weighted by molar-refractivity contribution is 5.93. The number of carbonyl (C=O) groups is 1. The molecule has 0 bridgehead atoms. The number of benzene rings is 2. The van der Waals surface area contributed by atoms with E-state index >= 15 is 0 Å². The maximum Gasteiger partial charge on any atom is 0.224 e. The van der Waals surface area contributed by atoms with Gasteiger partial charge in [0.2, 0.25) is 5.91 Å². The second-order valence-corrected chi connectivity index (χ2v) is 5.53. The number of carbonyl (C=O) groups excluding carboxylic acids is 1. The quantitative estimate of drug-likeness (QED) is 0.803. The average Bonchev–Trinajstić information content (AvgIpc) is 2.48. The van der Waals surface area contributed by atoms with E-state index in [9.17, 15) is 4.79 Å². The molecule has 0 aliphatic rings. The van der Waals surface area contributed by atoms with Crippen LogP contribution in [0.5, 0.6) is 0 Å². The van der Waals surface area contributed by atoms with Gasteiger partial charge in [-0.25, -0.2) is 0 Å². The number of hydrogen-bond donors (Lipinski definition) is 2. The second-order valence-electron chi connectivity index (χ2n) is 5.53. The summed E-state index contributed by atoms with van der Waals surface area (Å²) in [6.45, 7) is 4.35. The summed E-state index contributed by atoms with van der Waals surface area (Å²) in [5.74, 6) is 0.518. The molecule has 0 fully saturated rings. The Balaban J connectivity index is 0.00000242. The molecule has 0 saturated heterocycles. The monoisotopic (exact) mass is 318 g/mol. The molecule has 0 radical (unpaired) electrons. The van der Waals surface area contributed by atoms with Gasteiger partial charge in [-0.15, -0.1) is 12.4 Å². The van der Waals surface area contributed by atoms with Gasteiger partial charge in [0.1, 0.15) is 0 Å². The van der Waals surface area contributed by atoms with Gasteiger partial charge in [-0.1, -0.05) is 50.2 Å². The summed E-state index contributed by atoms with van der Waals surface area (Å²) in [7, 11) is 0. The molecule has 22 heavy (non-hydrogen) atoms. The molecule has 3 N–H and O–H groups in total. The van der Waals surface area contributed by atoms with Gasteiger partial charge >= 0.3 is 0 Å². The lowest BCUT2D eigenvalue weighted by molar-refractivity contribution is -0.116. The third-order valence-electron chi connectivity index (χ3n) is 3.52. The minimum absolute atomic E-state index is 0. The summed E-state index contributed by atoms with van der Waals surface area (Å²) in [6, 6.07) is 15.8. The molecule has 0 atom stereocenters. The fourth-order valence-corrected chi connectivity index (χ4v) is 2.15. The number of nitrogens with one attached hydrogen (secondary N) is 1. The fraction of sp³-hybridized carbons (Fsp3) is 0.278. The molecule has 0 aliphatic heterocycles. The van der Waals surface area contributed by atoms with E-state index in [0.29, 0.717) is 23.7 Å². The van der Waals surface area contributed by atoms with Gasteiger partial charge < -0.3 is 11.1 Å². The predicted molar refractivity (Wildman–Crippen MR) is 95.6 cm³/mol. The van der Waals surface area contributed by atoms with Crippen LogP contribution in [-0.4, -0.2) is 5.91 Å². The molecule has 118 valence electrons. The second kappa shape index (κ2) is 8.44. The molecular weight excluding hydrogens is 296 g/mol. The highest BCUT2D eigenvalue weighted by Gasteiger charge is 2.06. The average molecular weight is 319 g/mol. The van der Waals surface area contributed by atoms with Crippen LogP contribution in [0.2, 0.25) is 0 Å². The first-order chi connectivity index (χ1) is 10.1. The maximum atomic E-state index is 11.9. The van der Waals surface area contributed by atoms with Gasteiger partial charge in [0, 0.05) is 6.42 Å². The SMILES string of the molecule is CC(C)c1ccc(CCC(=O)Nc2ccccc2N)cc1.Cl. The number of anilines is 2. The molecule has 0 heterocycles. The Hall–Kier alpha value is -2.00. The number of aryl methyl sites for hydroxylation is 1. The number of rotatable bonds is 5. The topological polar surface area (TPSA) is 55.1 Å². The first kappa shape index (κ1) is 18.1. The van der Waals surface area contributed by atoms with E-state index < -0.39 is 0 Å². The van der Waals surface area contributed by atoms with Crippen LogP contribution in [0, 0.1) is 0 Å². The summed E-state index contributed by atoms with van der Waals surface area (Å²) in [4.78, 5) is 11.9. The molecule has 0 unspecified atom stereocenters. The number of amides is 1. The van der Waals surface area contributed by atoms with Gasteiger partial charge in [0.15, 0.2) is 0 Å². The molecule has 0 aliphatic carbocycles. The van der Waals surface area contributed by atoms with Crippen molar-refractivity contribution in [3.63, 3.8) is 0 Å². The standard InChI is InChI=1S/C18H22N2O.ClH/c1-13(2)15-10-7-14(8-11-15)9-12-18(21)20-17-6-4-3-5-16(17)19;/h3-8,10-11,13H,9,12,19H2,1-2H3,(H,20,21);1H. The largest absolute Gasteiger partial charge is 0.397 e. The first-order valence-electron chi connectivity index (χ1n) is 7.29. The molecule has 3 nitrogen and oxygen atoms in total. The van der Waals surface area contributed by atoms with E-state index in [4.69, 9.17) is 5.73 Å². The van der Waals surface area contributed by atoms with Crippen LogP contribution < -0.4 is 11.1 Å². The molecular formula is C18H23ClN2O. The van der Waals surface area contributed by atoms with E-state index in [-0.39, 0.29) is 18.3 Å². The van der Waals surface area contributed by atoms with Gasteiger partial charge in [0.05, 0.1) is 11.4 Å². The van der Waals surface area contributed by atoms with Crippen molar-refractivity contribution in [2.24, 2.45) is 0 Å². The van der Waals surface area contributed by atoms with Crippen molar-refractivity contribution >= 4 is 29.7 Å². The van der Waals surface area contributed by atoms with Crippen molar-refractivity contribution in [1.29, 1.82) is 0 Å². The van der Waals surface area contributed by atoms with E-state index in [1.54, 1.807) is 6.07 Å². The zero-order valence-electron chi connectivity index (χ0n) is 13.0. The summed E-state index contributed by atoms with van der Waals surface area (Å²) in [6.07, 6.45) is 1.19. The van der Waals surface area contributed by atoms with Crippen LogP contribution in [-0.2, 0) is 11.2 Å². The molecule has 1 amide bonds. The van der Waals surface area contributed by atoms with Gasteiger partial charge in [0.25, 0.3) is 0 Å². The summed E-state index contributed by atoms with van der Waals surface area (Å²) >= 11 is 0. The first-order valence-corrected chi connectivity index (χ1v) is 7.29. The zero-order valence-corrected chi connectivity index (χ0v) is 13.8. The Labute approximate surface area is 138 Å². The predicted octanol–water partition coefficient (Wildman–Crippen LogP) is 4.39. The fourth-order valence-electron chi connectivity index (χ4n) is 2.15. The maximum absolute atomic E-state index is 11.9. The minimum atomic E-state index is -0.0131. The molecule has 2 aromatic carbocycles. The number of nitrogens with two attached hydrogens (primary N) is 1. The number of hydrogen-bond acceptors (Lipinski definition) is 2. The van der Waals surface area contributed by atoms with Crippen molar-refractivity contribution in [2.45, 2.75) is 32.6 Å². The molecule has 0 spiro atoms. The summed E-state index contributed by atoms with van der Waals surface area (Å²) < 4.78 is 0. The highest BCUT2D eigenvalue weighted by Crippen LogP contribution is 2.18. The lowest BCUT2D eigenvalue weighted by Crippen LogP contribution is -2.13. The van der Waals surface area contributed by atoms with Crippen molar-refractivity contribution in [2.75, 3.05) is 11.1 Å². The Morgan fingerprint density at radius 3 is 2.32 bits per heavy atom. The number of nitrogen functional groups attached to an aromatic ring is 1.